The van der Waals surface area contributed by atoms with Gasteiger partial charge in [0.1, 0.15) is 5.75 Å². The first-order valence-corrected chi connectivity index (χ1v) is 7.04. The van der Waals surface area contributed by atoms with E-state index < -0.39 is 0 Å². The number of ether oxygens (including phenoxy) is 1. The van der Waals surface area contributed by atoms with Crippen LogP contribution in [-0.2, 0) is 0 Å². The smallest absolute Gasteiger partial charge is 0.119 e. The predicted molar refractivity (Wildman–Crippen MR) is 76.6 cm³/mol. The van der Waals surface area contributed by atoms with Crippen LogP contribution in [0.5, 0.6) is 5.75 Å². The minimum absolute atomic E-state index is 0.550. The van der Waals surface area contributed by atoms with Crippen molar-refractivity contribution in [2.75, 3.05) is 13.2 Å². The Labute approximate surface area is 113 Å². The Bertz CT molecular complexity index is 313. The van der Waals surface area contributed by atoms with Gasteiger partial charge < -0.3 is 10.1 Å². The molecule has 0 fully saturated rings. The van der Waals surface area contributed by atoms with Crippen molar-refractivity contribution in [2.24, 2.45) is 5.92 Å². The molecule has 2 atom stereocenters. The van der Waals surface area contributed by atoms with Gasteiger partial charge in [-0.05, 0) is 50.1 Å². The minimum Gasteiger partial charge on any atom is -0.494 e. The lowest BCUT2D eigenvalue weighted by atomic mass is 10.0. The Kier molecular flexibility index (Phi) is 6.60. The molecule has 0 aliphatic carbocycles. The molecule has 0 heterocycles. The molecule has 3 heteroatoms. The summed E-state index contributed by atoms with van der Waals surface area (Å²) in [6, 6.07) is 8.53. The van der Waals surface area contributed by atoms with Crippen molar-refractivity contribution < 1.29 is 4.74 Å². The topological polar surface area (TPSA) is 21.3 Å². The van der Waals surface area contributed by atoms with Crippen molar-refractivity contribution in [3.05, 3.63) is 28.7 Å². The zero-order chi connectivity index (χ0) is 12.7. The van der Waals surface area contributed by atoms with Crippen LogP contribution in [-0.4, -0.2) is 19.2 Å². The number of nitrogens with one attached hydrogen (secondary N) is 1. The van der Waals surface area contributed by atoms with E-state index in [9.17, 15) is 0 Å². The molecule has 0 saturated heterocycles. The largest absolute Gasteiger partial charge is 0.494 e. The lowest BCUT2D eigenvalue weighted by molar-refractivity contribution is 0.262. The van der Waals surface area contributed by atoms with Crippen molar-refractivity contribution in [3.8, 4) is 5.75 Å². The molecule has 17 heavy (non-hydrogen) atoms. The van der Waals surface area contributed by atoms with Crippen LogP contribution in [0.3, 0.4) is 0 Å². The van der Waals surface area contributed by atoms with Crippen molar-refractivity contribution in [3.63, 3.8) is 0 Å². The third kappa shape index (κ3) is 5.55. The first kappa shape index (κ1) is 14.5. The summed E-state index contributed by atoms with van der Waals surface area (Å²) >= 11 is 3.41. The summed E-state index contributed by atoms with van der Waals surface area (Å²) in [7, 11) is 0. The van der Waals surface area contributed by atoms with Crippen molar-refractivity contribution in [2.45, 2.75) is 33.2 Å². The Morgan fingerprint density at radius 2 is 1.88 bits per heavy atom. The quantitative estimate of drug-likeness (QED) is 0.826. The minimum atomic E-state index is 0.550. The lowest BCUT2D eigenvalue weighted by Gasteiger charge is -2.20. The molecular formula is C14H22BrNO. The first-order valence-electron chi connectivity index (χ1n) is 6.25. The SMILES string of the molecule is CCNC(C)C(C)CCOc1ccc(Br)cc1. The third-order valence-corrected chi connectivity index (χ3v) is 3.56. The first-order chi connectivity index (χ1) is 8.13. The van der Waals surface area contributed by atoms with Crippen LogP contribution < -0.4 is 10.1 Å². The van der Waals surface area contributed by atoms with Crippen LogP contribution >= 0.6 is 15.9 Å². The average Bonchev–Trinajstić information content (AvgIpc) is 2.32. The van der Waals surface area contributed by atoms with E-state index in [0.29, 0.717) is 12.0 Å². The van der Waals surface area contributed by atoms with Gasteiger partial charge in [0.25, 0.3) is 0 Å². The van der Waals surface area contributed by atoms with Gasteiger partial charge in [-0.2, -0.15) is 0 Å². The molecule has 0 spiro atoms. The van der Waals surface area contributed by atoms with Gasteiger partial charge in [-0.25, -0.2) is 0 Å². The summed E-state index contributed by atoms with van der Waals surface area (Å²) in [6.45, 7) is 8.44. The molecule has 0 amide bonds. The maximum absolute atomic E-state index is 5.71. The fourth-order valence-electron chi connectivity index (χ4n) is 1.67. The number of halogens is 1. The second-order valence-electron chi connectivity index (χ2n) is 4.41. The van der Waals surface area contributed by atoms with E-state index in [-0.39, 0.29) is 0 Å². The van der Waals surface area contributed by atoms with Crippen molar-refractivity contribution in [1.82, 2.24) is 5.32 Å². The molecule has 0 bridgehead atoms. The Morgan fingerprint density at radius 3 is 2.47 bits per heavy atom. The third-order valence-electron chi connectivity index (χ3n) is 3.04. The van der Waals surface area contributed by atoms with Gasteiger partial charge in [0.15, 0.2) is 0 Å². The highest BCUT2D eigenvalue weighted by Gasteiger charge is 2.10. The second-order valence-corrected chi connectivity index (χ2v) is 5.33. The van der Waals surface area contributed by atoms with Gasteiger partial charge >= 0.3 is 0 Å². The Morgan fingerprint density at radius 1 is 1.24 bits per heavy atom. The monoisotopic (exact) mass is 299 g/mol. The van der Waals surface area contributed by atoms with Crippen molar-refractivity contribution in [1.29, 1.82) is 0 Å². The normalized spacial score (nSPS) is 14.4. The zero-order valence-corrected chi connectivity index (χ0v) is 12.5. The molecule has 2 nitrogen and oxygen atoms in total. The summed E-state index contributed by atoms with van der Waals surface area (Å²) in [5.74, 6) is 1.57. The van der Waals surface area contributed by atoms with E-state index in [0.717, 1.165) is 29.8 Å². The highest BCUT2D eigenvalue weighted by Crippen LogP contribution is 2.17. The lowest BCUT2D eigenvalue weighted by Crippen LogP contribution is -2.32. The van der Waals surface area contributed by atoms with E-state index in [1.165, 1.54) is 0 Å². The molecule has 0 aliphatic rings. The average molecular weight is 300 g/mol. The molecule has 2 unspecified atom stereocenters. The Balaban J connectivity index is 2.25. The maximum Gasteiger partial charge on any atom is 0.119 e. The van der Waals surface area contributed by atoms with Crippen molar-refractivity contribution >= 4 is 15.9 Å². The van der Waals surface area contributed by atoms with Gasteiger partial charge in [0.2, 0.25) is 0 Å². The van der Waals surface area contributed by atoms with E-state index in [4.69, 9.17) is 4.74 Å². The highest BCUT2D eigenvalue weighted by molar-refractivity contribution is 9.10. The number of hydrogen-bond donors (Lipinski definition) is 1. The summed E-state index contributed by atoms with van der Waals surface area (Å²) in [5, 5.41) is 3.44. The molecule has 1 rings (SSSR count). The summed E-state index contributed by atoms with van der Waals surface area (Å²) in [5.41, 5.74) is 0. The van der Waals surface area contributed by atoms with Crippen LogP contribution in [0.2, 0.25) is 0 Å². The fraction of sp³-hybridized carbons (Fsp3) is 0.571. The highest BCUT2D eigenvalue weighted by atomic mass is 79.9. The van der Waals surface area contributed by atoms with E-state index in [1.54, 1.807) is 0 Å². The van der Waals surface area contributed by atoms with E-state index in [2.05, 4.69) is 42.0 Å². The van der Waals surface area contributed by atoms with E-state index >= 15 is 0 Å². The van der Waals surface area contributed by atoms with E-state index in [1.807, 2.05) is 24.3 Å². The van der Waals surface area contributed by atoms with Crippen LogP contribution in [0.4, 0.5) is 0 Å². The fourth-order valence-corrected chi connectivity index (χ4v) is 1.93. The molecule has 96 valence electrons. The second kappa shape index (κ2) is 7.72. The molecule has 1 aromatic rings. The molecule has 0 saturated carbocycles. The van der Waals surface area contributed by atoms with Gasteiger partial charge in [-0.1, -0.05) is 29.8 Å². The zero-order valence-electron chi connectivity index (χ0n) is 10.9. The summed E-state index contributed by atoms with van der Waals surface area (Å²) in [4.78, 5) is 0. The van der Waals surface area contributed by atoms with Gasteiger partial charge in [0.05, 0.1) is 6.61 Å². The summed E-state index contributed by atoms with van der Waals surface area (Å²) < 4.78 is 6.79. The van der Waals surface area contributed by atoms with Gasteiger partial charge in [-0.3, -0.25) is 0 Å². The van der Waals surface area contributed by atoms with Crippen LogP contribution in [0.1, 0.15) is 27.2 Å². The Hall–Kier alpha value is -0.540. The number of rotatable bonds is 7. The number of benzene rings is 1. The molecule has 1 aromatic carbocycles. The standard InChI is InChI=1S/C14H22BrNO/c1-4-16-12(3)11(2)9-10-17-14-7-5-13(15)6-8-14/h5-8,11-12,16H,4,9-10H2,1-3H3. The molecule has 0 aromatic heterocycles. The molecule has 1 N–H and O–H groups in total. The maximum atomic E-state index is 5.71. The van der Waals surface area contributed by atoms with Gasteiger partial charge in [0, 0.05) is 10.5 Å². The van der Waals surface area contributed by atoms with Crippen LogP contribution in [0, 0.1) is 5.92 Å². The van der Waals surface area contributed by atoms with Crippen LogP contribution in [0.15, 0.2) is 28.7 Å². The van der Waals surface area contributed by atoms with Gasteiger partial charge in [-0.15, -0.1) is 0 Å². The molecular weight excluding hydrogens is 278 g/mol. The molecule has 0 aliphatic heterocycles. The predicted octanol–water partition coefficient (Wildman–Crippen LogP) is 3.85. The summed E-state index contributed by atoms with van der Waals surface area (Å²) in [6.07, 6.45) is 1.07. The molecule has 0 radical (unpaired) electrons. The van der Waals surface area contributed by atoms with Crippen LogP contribution in [0.25, 0.3) is 0 Å². The number of hydrogen-bond acceptors (Lipinski definition) is 2.